The second-order valence-corrected chi connectivity index (χ2v) is 4.85. The van der Waals surface area contributed by atoms with E-state index >= 15 is 0 Å². The summed E-state index contributed by atoms with van der Waals surface area (Å²) >= 11 is 0. The number of piperidine rings is 1. The lowest BCUT2D eigenvalue weighted by Gasteiger charge is -2.37. The molecule has 2 heteroatoms. The molecule has 0 aromatic rings. The zero-order valence-electron chi connectivity index (χ0n) is 9.15. The van der Waals surface area contributed by atoms with Gasteiger partial charge in [0.05, 0.1) is 46.1 Å². The number of hydrogen-bond donors (Lipinski definition) is 2. The standard InChI is InChI=1S/C10H22N2/c1-8-7-12(5)9(2)6-10(8)11(3)4/h8-10H,6-7H2,1-5H3/p+2/t8-,9-,10-/m1/s1. The summed E-state index contributed by atoms with van der Waals surface area (Å²) in [5, 5.41) is 0. The van der Waals surface area contributed by atoms with Gasteiger partial charge >= 0.3 is 0 Å². The van der Waals surface area contributed by atoms with Crippen LogP contribution in [-0.2, 0) is 0 Å². The molecular weight excluding hydrogens is 148 g/mol. The first-order chi connectivity index (χ1) is 5.52. The van der Waals surface area contributed by atoms with Crippen LogP contribution < -0.4 is 9.80 Å². The van der Waals surface area contributed by atoms with Crippen LogP contribution in [0.2, 0.25) is 0 Å². The molecule has 1 aliphatic rings. The molecule has 2 N–H and O–H groups in total. The van der Waals surface area contributed by atoms with Crippen molar-refractivity contribution < 1.29 is 9.80 Å². The lowest BCUT2D eigenvalue weighted by Crippen LogP contribution is -3.20. The highest BCUT2D eigenvalue weighted by molar-refractivity contribution is 4.70. The van der Waals surface area contributed by atoms with E-state index in [2.05, 4.69) is 35.0 Å². The Morgan fingerprint density at radius 2 is 1.83 bits per heavy atom. The van der Waals surface area contributed by atoms with Crippen molar-refractivity contribution in [1.29, 1.82) is 0 Å². The van der Waals surface area contributed by atoms with Crippen LogP contribution in [0.3, 0.4) is 0 Å². The Hall–Kier alpha value is -0.0800. The average molecular weight is 172 g/mol. The minimum absolute atomic E-state index is 0.848. The molecule has 0 aromatic carbocycles. The topological polar surface area (TPSA) is 8.88 Å². The van der Waals surface area contributed by atoms with E-state index in [1.807, 2.05) is 0 Å². The van der Waals surface area contributed by atoms with Gasteiger partial charge in [-0.3, -0.25) is 0 Å². The van der Waals surface area contributed by atoms with Gasteiger partial charge in [-0.05, 0) is 6.92 Å². The maximum absolute atomic E-state index is 2.40. The summed E-state index contributed by atoms with van der Waals surface area (Å²) < 4.78 is 0. The fourth-order valence-electron chi connectivity index (χ4n) is 2.47. The second kappa shape index (κ2) is 3.75. The summed E-state index contributed by atoms with van der Waals surface area (Å²) in [6.07, 6.45) is 1.38. The lowest BCUT2D eigenvalue weighted by molar-refractivity contribution is -0.950. The Labute approximate surface area is 76.5 Å². The smallest absolute Gasteiger partial charge is 0.101 e. The molecule has 0 spiro atoms. The van der Waals surface area contributed by atoms with Gasteiger partial charge in [0.15, 0.2) is 0 Å². The Morgan fingerprint density at radius 3 is 2.33 bits per heavy atom. The molecule has 0 amide bonds. The third-order valence-electron chi connectivity index (χ3n) is 3.52. The van der Waals surface area contributed by atoms with E-state index < -0.39 is 0 Å². The zero-order chi connectivity index (χ0) is 9.30. The van der Waals surface area contributed by atoms with Crippen molar-refractivity contribution in [2.75, 3.05) is 27.7 Å². The third-order valence-corrected chi connectivity index (χ3v) is 3.52. The second-order valence-electron chi connectivity index (χ2n) is 4.85. The summed E-state index contributed by atoms with van der Waals surface area (Å²) in [4.78, 5) is 3.34. The molecule has 1 heterocycles. The average Bonchev–Trinajstić information content (AvgIpc) is 1.96. The molecule has 0 aromatic heterocycles. The molecule has 0 radical (unpaired) electrons. The van der Waals surface area contributed by atoms with E-state index in [1.54, 1.807) is 9.80 Å². The van der Waals surface area contributed by atoms with Crippen LogP contribution in [0, 0.1) is 5.92 Å². The highest BCUT2D eigenvalue weighted by Gasteiger charge is 2.35. The minimum Gasteiger partial charge on any atom is -0.337 e. The molecule has 4 atom stereocenters. The predicted octanol–water partition coefficient (Wildman–Crippen LogP) is -1.56. The molecular formula is C10H24N2+2. The highest BCUT2D eigenvalue weighted by atomic mass is 15.2. The Balaban J connectivity index is 2.55. The Bertz CT molecular complexity index is 145. The number of quaternary nitrogens is 2. The van der Waals surface area contributed by atoms with Crippen molar-refractivity contribution in [3.05, 3.63) is 0 Å². The van der Waals surface area contributed by atoms with E-state index in [9.17, 15) is 0 Å². The van der Waals surface area contributed by atoms with Crippen LogP contribution in [0.15, 0.2) is 0 Å². The summed E-state index contributed by atoms with van der Waals surface area (Å²) in [5.41, 5.74) is 0. The zero-order valence-corrected chi connectivity index (χ0v) is 9.15. The van der Waals surface area contributed by atoms with Crippen LogP contribution in [-0.4, -0.2) is 39.8 Å². The molecule has 72 valence electrons. The molecule has 2 nitrogen and oxygen atoms in total. The number of rotatable bonds is 1. The van der Waals surface area contributed by atoms with Crippen LogP contribution in [0.5, 0.6) is 0 Å². The van der Waals surface area contributed by atoms with Crippen molar-refractivity contribution >= 4 is 0 Å². The first-order valence-electron chi connectivity index (χ1n) is 5.14. The van der Waals surface area contributed by atoms with Crippen LogP contribution in [0.25, 0.3) is 0 Å². The van der Waals surface area contributed by atoms with Crippen LogP contribution in [0.1, 0.15) is 20.3 Å². The molecule has 12 heavy (non-hydrogen) atoms. The van der Waals surface area contributed by atoms with Gasteiger partial charge in [-0.15, -0.1) is 0 Å². The summed E-state index contributed by atoms with van der Waals surface area (Å²) in [6, 6.07) is 1.73. The van der Waals surface area contributed by atoms with Gasteiger partial charge in [-0.2, -0.15) is 0 Å². The minimum atomic E-state index is 0.848. The fourth-order valence-corrected chi connectivity index (χ4v) is 2.47. The van der Waals surface area contributed by atoms with Gasteiger partial charge in [0, 0.05) is 0 Å². The van der Waals surface area contributed by atoms with Crippen molar-refractivity contribution in [2.45, 2.75) is 32.4 Å². The largest absolute Gasteiger partial charge is 0.337 e. The van der Waals surface area contributed by atoms with E-state index in [-0.39, 0.29) is 0 Å². The normalized spacial score (nSPS) is 43.5. The van der Waals surface area contributed by atoms with Crippen LogP contribution in [0.4, 0.5) is 0 Å². The maximum Gasteiger partial charge on any atom is 0.101 e. The lowest BCUT2D eigenvalue weighted by atomic mass is 9.89. The molecule has 1 fully saturated rings. The molecule has 0 bridgehead atoms. The number of likely N-dealkylation sites (tertiary alicyclic amines) is 1. The van der Waals surface area contributed by atoms with Crippen molar-refractivity contribution in [2.24, 2.45) is 5.92 Å². The molecule has 0 aliphatic carbocycles. The Kier molecular flexibility index (Phi) is 3.13. The van der Waals surface area contributed by atoms with Gasteiger partial charge in [-0.1, -0.05) is 6.92 Å². The van der Waals surface area contributed by atoms with E-state index in [0.717, 1.165) is 18.0 Å². The summed E-state index contributed by atoms with van der Waals surface area (Å²) in [5.74, 6) is 0.881. The quantitative estimate of drug-likeness (QED) is 0.473. The molecule has 1 saturated heterocycles. The predicted molar refractivity (Wildman–Crippen MR) is 51.6 cm³/mol. The fraction of sp³-hybridized carbons (Fsp3) is 1.00. The Morgan fingerprint density at radius 1 is 1.25 bits per heavy atom. The molecule has 0 saturated carbocycles. The first-order valence-corrected chi connectivity index (χ1v) is 5.14. The van der Waals surface area contributed by atoms with E-state index in [0.29, 0.717) is 0 Å². The van der Waals surface area contributed by atoms with Gasteiger partial charge in [0.1, 0.15) is 6.04 Å². The molecule has 1 rings (SSSR count). The summed E-state index contributed by atoms with van der Waals surface area (Å²) in [7, 11) is 6.89. The number of hydrogen-bond acceptors (Lipinski definition) is 0. The van der Waals surface area contributed by atoms with Gasteiger partial charge < -0.3 is 9.80 Å². The molecule has 1 aliphatic heterocycles. The van der Waals surface area contributed by atoms with E-state index in [4.69, 9.17) is 0 Å². The highest BCUT2D eigenvalue weighted by Crippen LogP contribution is 2.07. The van der Waals surface area contributed by atoms with Gasteiger partial charge in [0.25, 0.3) is 0 Å². The SMILES string of the molecule is C[C@@H]1C[NH+](C)[C@H](C)C[C@H]1[NH+](C)C. The van der Waals surface area contributed by atoms with Crippen molar-refractivity contribution in [3.63, 3.8) is 0 Å². The van der Waals surface area contributed by atoms with E-state index in [1.165, 1.54) is 13.0 Å². The first kappa shape index (κ1) is 10.0. The van der Waals surface area contributed by atoms with Gasteiger partial charge in [0.2, 0.25) is 0 Å². The van der Waals surface area contributed by atoms with Crippen LogP contribution >= 0.6 is 0 Å². The maximum atomic E-state index is 2.40. The summed E-state index contributed by atoms with van der Waals surface area (Å²) in [6.45, 7) is 6.11. The molecule has 1 unspecified atom stereocenters. The monoisotopic (exact) mass is 172 g/mol. The van der Waals surface area contributed by atoms with Gasteiger partial charge in [-0.25, -0.2) is 0 Å². The third kappa shape index (κ3) is 1.99. The van der Waals surface area contributed by atoms with Crippen molar-refractivity contribution in [3.8, 4) is 0 Å². The van der Waals surface area contributed by atoms with Crippen molar-refractivity contribution in [1.82, 2.24) is 0 Å². The number of nitrogens with one attached hydrogen (secondary N) is 2.